The van der Waals surface area contributed by atoms with Crippen LogP contribution in [0.4, 0.5) is 0 Å². The van der Waals surface area contributed by atoms with Crippen molar-refractivity contribution in [3.05, 3.63) is 34.9 Å². The van der Waals surface area contributed by atoms with E-state index in [1.54, 1.807) is 19.2 Å². The number of fused-ring (bicyclic) bond motifs is 1. The minimum Gasteiger partial charge on any atom is -0.383 e. The van der Waals surface area contributed by atoms with Crippen molar-refractivity contribution in [2.24, 2.45) is 0 Å². The fourth-order valence-corrected chi connectivity index (χ4v) is 4.64. The molecule has 3 aliphatic heterocycles. The highest BCUT2D eigenvalue weighted by molar-refractivity contribution is 6.24. The summed E-state index contributed by atoms with van der Waals surface area (Å²) < 4.78 is 5.37. The normalized spacial score (nSPS) is 26.3. The molecule has 0 bridgehead atoms. The quantitative estimate of drug-likeness (QED) is 0.536. The van der Waals surface area contributed by atoms with Crippen molar-refractivity contribution >= 4 is 23.6 Å². The number of ether oxygens (including phenoxy) is 1. The Balaban J connectivity index is 1.50. The summed E-state index contributed by atoms with van der Waals surface area (Å²) in [6.07, 6.45) is 2.34. The molecule has 4 amide bonds. The van der Waals surface area contributed by atoms with Gasteiger partial charge in [-0.25, -0.2) is 0 Å². The van der Waals surface area contributed by atoms with Crippen LogP contribution in [-0.4, -0.2) is 66.9 Å². The molecular formula is C21H26N4O5. The lowest BCUT2D eigenvalue weighted by molar-refractivity contribution is -0.136. The van der Waals surface area contributed by atoms with E-state index in [0.717, 1.165) is 24.3 Å². The molecule has 0 saturated carbocycles. The van der Waals surface area contributed by atoms with E-state index in [1.807, 2.05) is 6.07 Å². The average molecular weight is 414 g/mol. The van der Waals surface area contributed by atoms with Crippen molar-refractivity contribution in [1.82, 2.24) is 20.9 Å². The Labute approximate surface area is 174 Å². The van der Waals surface area contributed by atoms with Gasteiger partial charge >= 0.3 is 0 Å². The molecule has 9 heteroatoms. The third-order valence-corrected chi connectivity index (χ3v) is 6.09. The molecule has 3 heterocycles. The van der Waals surface area contributed by atoms with Crippen molar-refractivity contribution in [1.29, 1.82) is 0 Å². The molecule has 3 N–H and O–H groups in total. The summed E-state index contributed by atoms with van der Waals surface area (Å²) in [5.74, 6) is -1.95. The fraction of sp³-hybridized carbons (Fsp3) is 0.524. The maximum absolute atomic E-state index is 13.1. The first kappa shape index (κ1) is 20.6. The maximum Gasteiger partial charge on any atom is 0.262 e. The largest absolute Gasteiger partial charge is 0.383 e. The highest BCUT2D eigenvalue weighted by atomic mass is 16.5. The van der Waals surface area contributed by atoms with Crippen LogP contribution in [0.3, 0.4) is 0 Å². The summed E-state index contributed by atoms with van der Waals surface area (Å²) in [5.41, 5.74) is 1.21. The monoisotopic (exact) mass is 414 g/mol. The molecule has 2 atom stereocenters. The molecule has 4 rings (SSSR count). The summed E-state index contributed by atoms with van der Waals surface area (Å²) >= 11 is 0. The van der Waals surface area contributed by atoms with Gasteiger partial charge in [0.2, 0.25) is 11.8 Å². The molecule has 9 nitrogen and oxygen atoms in total. The van der Waals surface area contributed by atoms with Crippen LogP contribution in [0.15, 0.2) is 18.2 Å². The average Bonchev–Trinajstić information content (AvgIpc) is 3.27. The molecule has 30 heavy (non-hydrogen) atoms. The Kier molecular flexibility index (Phi) is 5.68. The number of benzene rings is 1. The first-order valence-corrected chi connectivity index (χ1v) is 10.2. The third-order valence-electron chi connectivity index (χ3n) is 6.09. The summed E-state index contributed by atoms with van der Waals surface area (Å²) in [7, 11) is 1.68. The number of carbonyl (C=O) groups excluding carboxylic acids is 4. The predicted molar refractivity (Wildman–Crippen MR) is 107 cm³/mol. The molecule has 1 aromatic carbocycles. The number of nitrogens with one attached hydrogen (secondary N) is 3. The van der Waals surface area contributed by atoms with Gasteiger partial charge in [0.25, 0.3) is 11.8 Å². The van der Waals surface area contributed by atoms with Gasteiger partial charge in [0.1, 0.15) is 6.04 Å². The van der Waals surface area contributed by atoms with E-state index >= 15 is 0 Å². The Morgan fingerprint density at radius 1 is 1.23 bits per heavy atom. The predicted octanol–water partition coefficient (Wildman–Crippen LogP) is -0.0540. The van der Waals surface area contributed by atoms with E-state index in [1.165, 1.54) is 0 Å². The van der Waals surface area contributed by atoms with E-state index in [9.17, 15) is 19.2 Å². The van der Waals surface area contributed by atoms with Crippen molar-refractivity contribution in [3.8, 4) is 0 Å². The van der Waals surface area contributed by atoms with Crippen LogP contribution in [0.25, 0.3) is 0 Å². The van der Waals surface area contributed by atoms with Crippen LogP contribution in [0.5, 0.6) is 0 Å². The lowest BCUT2D eigenvalue weighted by atomic mass is 9.98. The van der Waals surface area contributed by atoms with E-state index in [0.29, 0.717) is 36.4 Å². The molecular weight excluding hydrogens is 388 g/mol. The number of piperidine rings is 1. The first-order chi connectivity index (χ1) is 14.5. The zero-order valence-corrected chi connectivity index (χ0v) is 17.0. The Morgan fingerprint density at radius 3 is 2.77 bits per heavy atom. The molecule has 0 radical (unpaired) electrons. The van der Waals surface area contributed by atoms with Gasteiger partial charge in [0.15, 0.2) is 0 Å². The lowest BCUT2D eigenvalue weighted by Crippen LogP contribution is -2.54. The zero-order chi connectivity index (χ0) is 21.3. The van der Waals surface area contributed by atoms with Gasteiger partial charge in [-0.3, -0.25) is 29.4 Å². The number of methoxy groups -OCH3 is 1. The second kappa shape index (κ2) is 8.25. The van der Waals surface area contributed by atoms with Crippen molar-refractivity contribution < 1.29 is 23.9 Å². The SMILES string of the molecule is COCC1(CNCc2cccc3c2C(=O)N(C2CCC(=O)NC2=O)C3=O)CCCN1. The second-order valence-corrected chi connectivity index (χ2v) is 8.13. The minimum atomic E-state index is -0.955. The van der Waals surface area contributed by atoms with Crippen LogP contribution in [0.1, 0.15) is 52.0 Å². The van der Waals surface area contributed by atoms with Gasteiger partial charge in [-0.15, -0.1) is 0 Å². The first-order valence-electron chi connectivity index (χ1n) is 10.2. The number of rotatable bonds is 7. The molecule has 160 valence electrons. The van der Waals surface area contributed by atoms with Gasteiger partial charge in [-0.2, -0.15) is 0 Å². The third kappa shape index (κ3) is 3.64. The Hall–Kier alpha value is -2.62. The molecule has 2 saturated heterocycles. The Bertz CT molecular complexity index is 893. The zero-order valence-electron chi connectivity index (χ0n) is 17.0. The van der Waals surface area contributed by atoms with E-state index < -0.39 is 23.8 Å². The van der Waals surface area contributed by atoms with Gasteiger partial charge < -0.3 is 15.4 Å². The summed E-state index contributed by atoms with van der Waals surface area (Å²) in [6.45, 7) is 2.62. The lowest BCUT2D eigenvalue weighted by Gasteiger charge is -2.29. The van der Waals surface area contributed by atoms with Crippen LogP contribution >= 0.6 is 0 Å². The maximum atomic E-state index is 13.1. The molecule has 0 aromatic heterocycles. The number of nitrogens with zero attached hydrogens (tertiary/aromatic N) is 1. The molecule has 3 aliphatic rings. The molecule has 0 aliphatic carbocycles. The highest BCUT2D eigenvalue weighted by Crippen LogP contribution is 2.30. The fourth-order valence-electron chi connectivity index (χ4n) is 4.64. The van der Waals surface area contributed by atoms with Crippen LogP contribution in [-0.2, 0) is 20.9 Å². The summed E-state index contributed by atoms with van der Waals surface area (Å²) in [4.78, 5) is 50.7. The van der Waals surface area contributed by atoms with Crippen molar-refractivity contribution in [2.75, 3.05) is 26.8 Å². The number of hydrogen-bond donors (Lipinski definition) is 3. The number of carbonyl (C=O) groups is 4. The van der Waals surface area contributed by atoms with Gasteiger partial charge in [0.05, 0.1) is 23.3 Å². The smallest absolute Gasteiger partial charge is 0.262 e. The molecule has 1 aromatic rings. The van der Waals surface area contributed by atoms with E-state index in [-0.39, 0.29) is 24.3 Å². The highest BCUT2D eigenvalue weighted by Gasteiger charge is 2.45. The minimum absolute atomic E-state index is 0.104. The molecule has 0 spiro atoms. The summed E-state index contributed by atoms with van der Waals surface area (Å²) in [5, 5.41) is 9.11. The standard InChI is InChI=1S/C21H26N4O5/c1-30-12-21(8-3-9-23-21)11-22-10-13-4-2-5-14-17(13)20(29)25(19(14)28)15-6-7-16(26)24-18(15)27/h2,4-5,15,22-23H,3,6-12H2,1H3,(H,24,26,27). The van der Waals surface area contributed by atoms with Crippen LogP contribution < -0.4 is 16.0 Å². The van der Waals surface area contributed by atoms with Gasteiger partial charge in [-0.1, -0.05) is 12.1 Å². The van der Waals surface area contributed by atoms with Gasteiger partial charge in [0, 0.05) is 26.6 Å². The van der Waals surface area contributed by atoms with Crippen LogP contribution in [0, 0.1) is 0 Å². The second-order valence-electron chi connectivity index (χ2n) is 8.13. The molecule has 2 fully saturated rings. The summed E-state index contributed by atoms with van der Waals surface area (Å²) in [6, 6.07) is 4.21. The molecule has 2 unspecified atom stereocenters. The Morgan fingerprint density at radius 2 is 2.07 bits per heavy atom. The number of hydrogen-bond acceptors (Lipinski definition) is 7. The van der Waals surface area contributed by atoms with Gasteiger partial charge in [-0.05, 0) is 37.4 Å². The topological polar surface area (TPSA) is 117 Å². The number of amides is 4. The van der Waals surface area contributed by atoms with Crippen molar-refractivity contribution in [3.63, 3.8) is 0 Å². The number of imide groups is 2. The van der Waals surface area contributed by atoms with Crippen molar-refractivity contribution in [2.45, 2.75) is 43.8 Å². The van der Waals surface area contributed by atoms with E-state index in [2.05, 4.69) is 16.0 Å². The van der Waals surface area contributed by atoms with E-state index in [4.69, 9.17) is 4.74 Å². The van der Waals surface area contributed by atoms with Crippen LogP contribution in [0.2, 0.25) is 0 Å².